The van der Waals surface area contributed by atoms with E-state index in [1.807, 2.05) is 9.69 Å². The molecule has 0 aliphatic rings. The topological polar surface area (TPSA) is 83.0 Å². The number of carboxylic acid groups (broad SMARTS) is 1. The minimum Gasteiger partial charge on any atom is -0.544 e. The Bertz CT molecular complexity index is 501. The van der Waals surface area contributed by atoms with Gasteiger partial charge in [-0.25, -0.2) is 8.42 Å². The molecule has 0 atom stereocenters. The molecule has 0 unspecified atom stereocenters. The highest BCUT2D eigenvalue weighted by Crippen LogP contribution is 2.43. The quantitative estimate of drug-likeness (QED) is 0.518. The van der Waals surface area contributed by atoms with E-state index in [0.717, 1.165) is 0 Å². The fourth-order valence-electron chi connectivity index (χ4n) is 0.547. The molecule has 0 saturated heterocycles. The van der Waals surface area contributed by atoms with Crippen molar-refractivity contribution >= 4 is 15.8 Å². The fraction of sp³-hybridized carbons (Fsp3) is 0.333. The second kappa shape index (κ2) is 4.10. The average molecular weight is 272 g/mol. The standard InChI is InChI=1S/C6HF4N2O4S/c1-11-4(12-2)17(15,16)6(9,10)5(7,8)3(13)14/h(H,13,14)/q-1/p-1. The fourth-order valence-corrected chi connectivity index (χ4v) is 1.44. The number of alkyl halides is 4. The maximum atomic E-state index is 12.8. The van der Waals surface area contributed by atoms with Crippen LogP contribution in [0.4, 0.5) is 17.6 Å². The molecule has 0 aromatic heterocycles. The molecule has 0 bridgehead atoms. The van der Waals surface area contributed by atoms with E-state index in [1.54, 1.807) is 0 Å². The number of carboxylic acids is 1. The molecular weight excluding hydrogens is 272 g/mol. The Hall–Kier alpha value is -2.01. The van der Waals surface area contributed by atoms with E-state index in [1.165, 1.54) is 0 Å². The van der Waals surface area contributed by atoms with Gasteiger partial charge in [0.1, 0.15) is 5.97 Å². The van der Waals surface area contributed by atoms with Gasteiger partial charge in [-0.1, -0.05) is 0 Å². The summed E-state index contributed by atoms with van der Waals surface area (Å²) in [7, 11) is -6.40. The molecule has 11 heteroatoms. The number of aliphatic carboxylic acids is 1. The maximum Gasteiger partial charge on any atom is 0.431 e. The molecule has 0 rings (SSSR count). The first kappa shape index (κ1) is 15.0. The van der Waals surface area contributed by atoms with Gasteiger partial charge in [-0.2, -0.15) is 17.6 Å². The zero-order valence-corrected chi connectivity index (χ0v) is 8.26. The summed E-state index contributed by atoms with van der Waals surface area (Å²) in [6.45, 7) is 12.1. The lowest BCUT2D eigenvalue weighted by molar-refractivity contribution is -0.341. The molecular formula is C6F4N2O4S-2. The number of halogens is 4. The number of rotatable bonds is 4. The third-order valence-electron chi connectivity index (χ3n) is 1.39. The van der Waals surface area contributed by atoms with E-state index >= 15 is 0 Å². The predicted octanol–water partition coefficient (Wildman–Crippen LogP) is -0.335. The molecule has 0 heterocycles. The van der Waals surface area contributed by atoms with Crippen molar-refractivity contribution in [2.75, 3.05) is 0 Å². The van der Waals surface area contributed by atoms with E-state index < -0.39 is 32.5 Å². The van der Waals surface area contributed by atoms with E-state index in [0.29, 0.717) is 0 Å². The highest BCUT2D eigenvalue weighted by Gasteiger charge is 2.68. The summed E-state index contributed by atoms with van der Waals surface area (Å²) in [6, 6.07) is 0. The van der Waals surface area contributed by atoms with Gasteiger partial charge in [0.2, 0.25) is 0 Å². The second-order valence-corrected chi connectivity index (χ2v) is 4.27. The summed E-state index contributed by atoms with van der Waals surface area (Å²) >= 11 is 0. The first-order valence-electron chi connectivity index (χ1n) is 3.30. The largest absolute Gasteiger partial charge is 0.544 e. The van der Waals surface area contributed by atoms with Crippen molar-refractivity contribution in [1.29, 1.82) is 0 Å². The lowest BCUT2D eigenvalue weighted by Crippen LogP contribution is -2.57. The van der Waals surface area contributed by atoms with E-state index in [2.05, 4.69) is 0 Å². The molecule has 0 N–H and O–H groups in total. The van der Waals surface area contributed by atoms with Gasteiger partial charge < -0.3 is 19.6 Å². The Morgan fingerprint density at radius 3 is 1.76 bits per heavy atom. The third kappa shape index (κ3) is 1.97. The van der Waals surface area contributed by atoms with Crippen LogP contribution in [0.15, 0.2) is 0 Å². The van der Waals surface area contributed by atoms with Crippen molar-refractivity contribution in [3.05, 3.63) is 28.3 Å². The van der Waals surface area contributed by atoms with Gasteiger partial charge in [0.05, 0.1) is 0 Å². The second-order valence-electron chi connectivity index (χ2n) is 2.39. The van der Waals surface area contributed by atoms with Gasteiger partial charge in [0.15, 0.2) is 0 Å². The van der Waals surface area contributed by atoms with Gasteiger partial charge in [0.25, 0.3) is 9.84 Å². The Morgan fingerprint density at radius 2 is 1.53 bits per heavy atom. The zero-order chi connectivity index (χ0) is 14.1. The molecule has 6 nitrogen and oxygen atoms in total. The number of nitrogens with zero attached hydrogens (tertiary/aromatic N) is 2. The minimum atomic E-state index is -6.40. The van der Waals surface area contributed by atoms with E-state index in [-0.39, 0.29) is 0 Å². The first-order chi connectivity index (χ1) is 7.46. The molecule has 0 aliphatic carbocycles. The van der Waals surface area contributed by atoms with Gasteiger partial charge in [-0.05, 0) is 0 Å². The Labute approximate surface area is 92.0 Å². The summed E-state index contributed by atoms with van der Waals surface area (Å²) in [6.07, 6.45) is 0. The molecule has 0 spiro atoms. The summed E-state index contributed by atoms with van der Waals surface area (Å²) in [5.74, 6) is -9.70. The Morgan fingerprint density at radius 1 is 1.18 bits per heavy atom. The van der Waals surface area contributed by atoms with Crippen LogP contribution in [0.25, 0.3) is 9.69 Å². The normalized spacial score (nSPS) is 12.4. The number of hydrogen-bond acceptors (Lipinski definition) is 4. The van der Waals surface area contributed by atoms with Gasteiger partial charge in [-0.3, -0.25) is 13.1 Å². The smallest absolute Gasteiger partial charge is 0.431 e. The highest BCUT2D eigenvalue weighted by molar-refractivity contribution is 7.95. The van der Waals surface area contributed by atoms with Crippen LogP contribution < -0.4 is 5.11 Å². The van der Waals surface area contributed by atoms with Crippen molar-refractivity contribution < 1.29 is 35.9 Å². The van der Waals surface area contributed by atoms with Gasteiger partial charge >= 0.3 is 16.7 Å². The van der Waals surface area contributed by atoms with Crippen LogP contribution in [-0.2, 0) is 14.6 Å². The SMILES string of the molecule is [C-]#[N+][C-]([N+]#[C-])S(=O)(=O)C(F)(F)C(F)(F)C(=O)[O-]. The summed E-state index contributed by atoms with van der Waals surface area (Å²) in [5.41, 5.74) is -2.26. The summed E-state index contributed by atoms with van der Waals surface area (Å²) in [5, 5.41) is 3.59. The van der Waals surface area contributed by atoms with Crippen molar-refractivity contribution in [1.82, 2.24) is 0 Å². The Kier molecular flexibility index (Phi) is 3.62. The molecule has 0 amide bonds. The van der Waals surface area contributed by atoms with E-state index in [9.17, 15) is 35.9 Å². The molecule has 0 radical (unpaired) electrons. The number of carbonyl (C=O) groups is 1. The lowest BCUT2D eigenvalue weighted by atomic mass is 10.3. The predicted molar refractivity (Wildman–Crippen MR) is 40.3 cm³/mol. The van der Waals surface area contributed by atoms with Crippen LogP contribution in [0, 0.1) is 18.6 Å². The monoisotopic (exact) mass is 272 g/mol. The van der Waals surface area contributed by atoms with Gasteiger partial charge in [-0.15, -0.1) is 0 Å². The average Bonchev–Trinajstić information content (AvgIpc) is 2.18. The zero-order valence-electron chi connectivity index (χ0n) is 7.45. The lowest BCUT2D eigenvalue weighted by Gasteiger charge is -2.27. The van der Waals surface area contributed by atoms with Crippen LogP contribution in [0.2, 0.25) is 0 Å². The van der Waals surface area contributed by atoms with Gasteiger partial charge in [0, 0.05) is 0 Å². The Balaban J connectivity index is 5.91. The molecule has 0 fully saturated rings. The van der Waals surface area contributed by atoms with Crippen molar-refractivity contribution in [2.24, 2.45) is 0 Å². The van der Waals surface area contributed by atoms with Crippen LogP contribution in [0.1, 0.15) is 0 Å². The third-order valence-corrected chi connectivity index (χ3v) is 2.99. The summed E-state index contributed by atoms with van der Waals surface area (Å²) in [4.78, 5) is 13.4. The van der Waals surface area contributed by atoms with Crippen molar-refractivity contribution in [3.8, 4) is 0 Å². The molecule has 0 saturated carbocycles. The van der Waals surface area contributed by atoms with Crippen LogP contribution in [-0.4, -0.2) is 25.6 Å². The van der Waals surface area contributed by atoms with Crippen LogP contribution in [0.5, 0.6) is 0 Å². The number of hydrogen-bond donors (Lipinski definition) is 0. The number of sulfone groups is 1. The van der Waals surface area contributed by atoms with Crippen LogP contribution >= 0.6 is 0 Å². The molecule has 0 aliphatic heterocycles. The molecule has 0 aromatic carbocycles. The molecule has 17 heavy (non-hydrogen) atoms. The molecule has 0 aromatic rings. The van der Waals surface area contributed by atoms with Crippen molar-refractivity contribution in [2.45, 2.75) is 11.2 Å². The first-order valence-corrected chi connectivity index (χ1v) is 4.78. The highest BCUT2D eigenvalue weighted by atomic mass is 32.2. The van der Waals surface area contributed by atoms with E-state index in [4.69, 9.17) is 13.1 Å². The number of carbonyl (C=O) groups excluding carboxylic acids is 1. The van der Waals surface area contributed by atoms with Crippen LogP contribution in [0.3, 0.4) is 0 Å². The summed E-state index contributed by atoms with van der Waals surface area (Å²) < 4.78 is 72.0. The van der Waals surface area contributed by atoms with Crippen molar-refractivity contribution in [3.63, 3.8) is 0 Å². The molecule has 94 valence electrons. The maximum absolute atomic E-state index is 12.8. The minimum absolute atomic E-state index is 1.82.